The highest BCUT2D eigenvalue weighted by atomic mass is 16.6. The number of nitro groups is 1. The number of nitrogens with zero attached hydrogens (tertiary/aromatic N) is 2. The molecule has 2 fully saturated rings. The first-order valence-corrected chi connectivity index (χ1v) is 6.66. The lowest BCUT2D eigenvalue weighted by Crippen LogP contribution is -2.30. The molecule has 2 bridgehead atoms. The Balaban J connectivity index is 1.64. The highest BCUT2D eigenvalue weighted by Gasteiger charge is 2.41. The summed E-state index contributed by atoms with van der Waals surface area (Å²) < 4.78 is 11.3. The summed E-state index contributed by atoms with van der Waals surface area (Å²) in [6.45, 7) is 0. The molecule has 0 aliphatic carbocycles. The van der Waals surface area contributed by atoms with E-state index in [0.717, 1.165) is 19.3 Å². The molecule has 104 valence electrons. The molecule has 7 heteroatoms. The molecular formula is C13H13N3O4. The molecule has 4 rings (SSSR count). The van der Waals surface area contributed by atoms with E-state index in [1.165, 1.54) is 6.07 Å². The maximum Gasteiger partial charge on any atom is 0.298 e. The topological polar surface area (TPSA) is 90.4 Å². The molecule has 1 aromatic heterocycles. The fourth-order valence-corrected chi connectivity index (χ4v) is 3.09. The van der Waals surface area contributed by atoms with E-state index >= 15 is 0 Å². The van der Waals surface area contributed by atoms with E-state index in [4.69, 9.17) is 9.15 Å². The van der Waals surface area contributed by atoms with Gasteiger partial charge in [0.1, 0.15) is 0 Å². The molecule has 0 saturated carbocycles. The normalized spacial score (nSPS) is 28.1. The van der Waals surface area contributed by atoms with Crippen LogP contribution >= 0.6 is 0 Å². The Hall–Kier alpha value is -2.15. The number of non-ortho nitro benzene ring substituents is 1. The predicted octanol–water partition coefficient (Wildman–Crippen LogP) is 2.47. The minimum atomic E-state index is -0.449. The van der Waals surface area contributed by atoms with Gasteiger partial charge in [0, 0.05) is 6.07 Å². The minimum Gasteiger partial charge on any atom is -0.423 e. The molecule has 3 unspecified atom stereocenters. The van der Waals surface area contributed by atoms with Gasteiger partial charge in [-0.25, -0.2) is 0 Å². The Morgan fingerprint density at radius 2 is 2.30 bits per heavy atom. The number of anilines is 1. The van der Waals surface area contributed by atoms with E-state index in [2.05, 4.69) is 10.3 Å². The molecule has 3 atom stereocenters. The van der Waals surface area contributed by atoms with Crippen LogP contribution in [0, 0.1) is 10.1 Å². The van der Waals surface area contributed by atoms with Crippen molar-refractivity contribution in [1.29, 1.82) is 0 Å². The van der Waals surface area contributed by atoms with Crippen LogP contribution in [0.25, 0.3) is 11.1 Å². The lowest BCUT2D eigenvalue weighted by Gasteiger charge is -2.18. The molecule has 2 aliphatic heterocycles. The van der Waals surface area contributed by atoms with Gasteiger partial charge < -0.3 is 14.5 Å². The van der Waals surface area contributed by atoms with Gasteiger partial charge in [0.15, 0.2) is 11.1 Å². The number of fused-ring (bicyclic) bond motifs is 3. The molecular weight excluding hydrogens is 262 g/mol. The third-order valence-corrected chi connectivity index (χ3v) is 4.01. The van der Waals surface area contributed by atoms with Gasteiger partial charge in [-0.05, 0) is 25.3 Å². The summed E-state index contributed by atoms with van der Waals surface area (Å²) in [5.41, 5.74) is 0.665. The van der Waals surface area contributed by atoms with Crippen LogP contribution in [0.3, 0.4) is 0 Å². The van der Waals surface area contributed by atoms with Crippen molar-refractivity contribution in [2.24, 2.45) is 0 Å². The minimum absolute atomic E-state index is 0.0384. The SMILES string of the molecule is O=[N+]([O-])c1cccc2oc(NC3CC4CCC3O4)nc12. The lowest BCUT2D eigenvalue weighted by atomic mass is 9.96. The Morgan fingerprint density at radius 1 is 1.40 bits per heavy atom. The van der Waals surface area contributed by atoms with Crippen LogP contribution in [0.1, 0.15) is 19.3 Å². The molecule has 1 N–H and O–H groups in total. The second-order valence-electron chi connectivity index (χ2n) is 5.26. The molecule has 2 aliphatic rings. The lowest BCUT2D eigenvalue weighted by molar-refractivity contribution is -0.383. The number of hydrogen-bond donors (Lipinski definition) is 1. The fraction of sp³-hybridized carbons (Fsp3) is 0.462. The zero-order chi connectivity index (χ0) is 13.7. The maximum absolute atomic E-state index is 11.0. The Morgan fingerprint density at radius 3 is 3.00 bits per heavy atom. The Labute approximate surface area is 114 Å². The largest absolute Gasteiger partial charge is 0.423 e. The number of ether oxygens (including phenoxy) is 1. The van der Waals surface area contributed by atoms with Gasteiger partial charge in [0.05, 0.1) is 23.2 Å². The van der Waals surface area contributed by atoms with Gasteiger partial charge in [0.2, 0.25) is 0 Å². The van der Waals surface area contributed by atoms with Crippen LogP contribution in [0.2, 0.25) is 0 Å². The monoisotopic (exact) mass is 275 g/mol. The molecule has 2 saturated heterocycles. The van der Waals surface area contributed by atoms with Crippen LogP contribution in [0.5, 0.6) is 0 Å². The van der Waals surface area contributed by atoms with E-state index < -0.39 is 4.92 Å². The summed E-state index contributed by atoms with van der Waals surface area (Å²) in [7, 11) is 0. The molecule has 1 aromatic carbocycles. The van der Waals surface area contributed by atoms with E-state index in [1.54, 1.807) is 12.1 Å². The standard InChI is InChI=1S/C13H13N3O4/c17-16(18)9-2-1-3-11-12(9)15-13(20-11)14-8-6-7-4-5-10(8)19-7/h1-3,7-8,10H,4-6H2,(H,14,15). The van der Waals surface area contributed by atoms with Crippen molar-refractivity contribution < 1.29 is 14.1 Å². The predicted molar refractivity (Wildman–Crippen MR) is 70.6 cm³/mol. The van der Waals surface area contributed by atoms with E-state index in [9.17, 15) is 10.1 Å². The number of benzene rings is 1. The molecule has 3 heterocycles. The number of hydrogen-bond acceptors (Lipinski definition) is 6. The van der Waals surface area contributed by atoms with Crippen LogP contribution in [0.4, 0.5) is 11.7 Å². The fourth-order valence-electron chi connectivity index (χ4n) is 3.09. The van der Waals surface area contributed by atoms with Crippen LogP contribution in [-0.4, -0.2) is 28.2 Å². The van der Waals surface area contributed by atoms with Crippen molar-refractivity contribution in [2.75, 3.05) is 5.32 Å². The molecule has 7 nitrogen and oxygen atoms in total. The van der Waals surface area contributed by atoms with E-state index in [-0.39, 0.29) is 23.3 Å². The number of aromatic nitrogens is 1. The van der Waals surface area contributed by atoms with Crippen LogP contribution in [-0.2, 0) is 4.74 Å². The summed E-state index contributed by atoms with van der Waals surface area (Å²) in [5, 5.41) is 14.2. The second-order valence-corrected chi connectivity index (χ2v) is 5.26. The summed E-state index contributed by atoms with van der Waals surface area (Å²) in [4.78, 5) is 14.7. The molecule has 0 amide bonds. The smallest absolute Gasteiger partial charge is 0.298 e. The van der Waals surface area contributed by atoms with Crippen LogP contribution in [0.15, 0.2) is 22.6 Å². The van der Waals surface area contributed by atoms with Gasteiger partial charge >= 0.3 is 0 Å². The first-order chi connectivity index (χ1) is 9.70. The van der Waals surface area contributed by atoms with Crippen molar-refractivity contribution >= 4 is 22.8 Å². The summed E-state index contributed by atoms with van der Waals surface area (Å²) >= 11 is 0. The number of rotatable bonds is 3. The van der Waals surface area contributed by atoms with Crippen LogP contribution < -0.4 is 5.32 Å². The first-order valence-electron chi connectivity index (χ1n) is 6.66. The van der Waals surface area contributed by atoms with Crippen molar-refractivity contribution in [1.82, 2.24) is 4.98 Å². The summed E-state index contributed by atoms with van der Waals surface area (Å²) in [6.07, 6.45) is 3.62. The highest BCUT2D eigenvalue weighted by molar-refractivity contribution is 5.84. The number of nitrogens with one attached hydrogen (secondary N) is 1. The second kappa shape index (κ2) is 4.17. The van der Waals surface area contributed by atoms with Gasteiger partial charge in [-0.1, -0.05) is 6.07 Å². The average molecular weight is 275 g/mol. The number of nitro benzene ring substituents is 1. The van der Waals surface area contributed by atoms with Gasteiger partial charge in [0.25, 0.3) is 11.7 Å². The van der Waals surface area contributed by atoms with Crippen molar-refractivity contribution in [3.63, 3.8) is 0 Å². The average Bonchev–Trinajstić information content (AvgIpc) is 3.11. The van der Waals surface area contributed by atoms with E-state index in [0.29, 0.717) is 17.7 Å². The third kappa shape index (κ3) is 1.74. The summed E-state index contributed by atoms with van der Waals surface area (Å²) in [6, 6.07) is 5.21. The Bertz CT molecular complexity index is 683. The summed E-state index contributed by atoms with van der Waals surface area (Å²) in [5.74, 6) is 0. The molecule has 2 aromatic rings. The van der Waals surface area contributed by atoms with E-state index in [1.807, 2.05) is 0 Å². The highest BCUT2D eigenvalue weighted by Crippen LogP contribution is 2.36. The number of oxazole rings is 1. The van der Waals surface area contributed by atoms with Gasteiger partial charge in [-0.3, -0.25) is 10.1 Å². The van der Waals surface area contributed by atoms with Gasteiger partial charge in [-0.15, -0.1) is 0 Å². The molecule has 0 spiro atoms. The number of para-hydroxylation sites is 1. The zero-order valence-corrected chi connectivity index (χ0v) is 10.6. The van der Waals surface area contributed by atoms with Crippen molar-refractivity contribution in [3.8, 4) is 0 Å². The maximum atomic E-state index is 11.0. The molecule has 20 heavy (non-hydrogen) atoms. The van der Waals surface area contributed by atoms with Gasteiger partial charge in [-0.2, -0.15) is 4.98 Å². The Kier molecular flexibility index (Phi) is 2.43. The molecule has 0 radical (unpaired) electrons. The van der Waals surface area contributed by atoms with Crippen molar-refractivity contribution in [2.45, 2.75) is 37.5 Å². The zero-order valence-electron chi connectivity index (χ0n) is 10.6. The third-order valence-electron chi connectivity index (χ3n) is 4.01. The first kappa shape index (κ1) is 11.7. The quantitative estimate of drug-likeness (QED) is 0.683. The van der Waals surface area contributed by atoms with Crippen molar-refractivity contribution in [3.05, 3.63) is 28.3 Å².